The van der Waals surface area contributed by atoms with E-state index in [1.165, 1.54) is 12.1 Å². The lowest BCUT2D eigenvalue weighted by Gasteiger charge is -2.00. The van der Waals surface area contributed by atoms with Crippen LogP contribution in [0.5, 0.6) is 0 Å². The molecule has 138 valence electrons. The van der Waals surface area contributed by atoms with Crippen molar-refractivity contribution in [1.29, 1.82) is 0 Å². The van der Waals surface area contributed by atoms with Gasteiger partial charge in [0.25, 0.3) is 5.69 Å². The Labute approximate surface area is 164 Å². The number of nitrogens with zero attached hydrogens (tertiary/aromatic N) is 4. The van der Waals surface area contributed by atoms with Crippen LogP contribution in [0.3, 0.4) is 0 Å². The summed E-state index contributed by atoms with van der Waals surface area (Å²) in [6.07, 6.45) is 3.57. The number of nitro groups is 1. The molecule has 4 rings (SSSR count). The molecule has 28 heavy (non-hydrogen) atoms. The van der Waals surface area contributed by atoms with Gasteiger partial charge in [0.2, 0.25) is 0 Å². The van der Waals surface area contributed by atoms with E-state index < -0.39 is 4.92 Å². The molecule has 0 aliphatic carbocycles. The van der Waals surface area contributed by atoms with Crippen LogP contribution in [0.25, 0.3) is 16.3 Å². The standard InChI is InChI=1S/C20H15N5O2S/c26-25(27)18-9-4-8-17(12-18)22-21-13-16-14-24(19-10-5-11-28-19)23-20(16)15-6-2-1-3-7-15/h1-14,22H/b21-13+. The Bertz CT molecular complexity index is 1120. The number of nitro benzene ring substituents is 1. The molecule has 4 aromatic rings. The molecule has 0 unspecified atom stereocenters. The minimum Gasteiger partial charge on any atom is -0.278 e. The molecule has 2 heterocycles. The number of benzene rings is 2. The van der Waals surface area contributed by atoms with Crippen LogP contribution in [0, 0.1) is 10.1 Å². The van der Waals surface area contributed by atoms with E-state index in [2.05, 4.69) is 10.5 Å². The predicted molar refractivity (Wildman–Crippen MR) is 111 cm³/mol. The average Bonchev–Trinajstić information content (AvgIpc) is 3.39. The maximum Gasteiger partial charge on any atom is 0.271 e. The van der Waals surface area contributed by atoms with Gasteiger partial charge in [-0.3, -0.25) is 15.5 Å². The molecule has 0 aliphatic heterocycles. The number of aromatic nitrogens is 2. The van der Waals surface area contributed by atoms with E-state index >= 15 is 0 Å². The predicted octanol–water partition coefficient (Wildman–Crippen LogP) is 4.96. The zero-order valence-corrected chi connectivity index (χ0v) is 15.4. The van der Waals surface area contributed by atoms with Gasteiger partial charge in [0.05, 0.1) is 16.8 Å². The lowest BCUT2D eigenvalue weighted by atomic mass is 10.1. The molecule has 2 aromatic heterocycles. The second kappa shape index (κ2) is 7.85. The van der Waals surface area contributed by atoms with Crippen LogP contribution < -0.4 is 5.43 Å². The molecule has 0 aliphatic rings. The second-order valence-electron chi connectivity index (χ2n) is 5.87. The molecule has 8 heteroatoms. The molecule has 1 N–H and O–H groups in total. The number of rotatable bonds is 6. The molecule has 7 nitrogen and oxygen atoms in total. The van der Waals surface area contributed by atoms with Crippen molar-refractivity contribution in [2.45, 2.75) is 0 Å². The number of hydrazone groups is 1. The summed E-state index contributed by atoms with van der Waals surface area (Å²) in [5.41, 5.74) is 6.01. The Morgan fingerprint density at radius 3 is 2.71 bits per heavy atom. The first kappa shape index (κ1) is 17.6. The first-order valence-electron chi connectivity index (χ1n) is 8.43. The zero-order chi connectivity index (χ0) is 19.3. The monoisotopic (exact) mass is 389 g/mol. The summed E-state index contributed by atoms with van der Waals surface area (Å²) in [4.78, 5) is 10.5. The number of anilines is 1. The number of nitrogens with one attached hydrogen (secondary N) is 1. The highest BCUT2D eigenvalue weighted by Gasteiger charge is 2.11. The van der Waals surface area contributed by atoms with Crippen molar-refractivity contribution in [2.24, 2.45) is 5.10 Å². The fourth-order valence-electron chi connectivity index (χ4n) is 2.68. The maximum atomic E-state index is 10.9. The zero-order valence-electron chi connectivity index (χ0n) is 14.6. The third-order valence-electron chi connectivity index (χ3n) is 3.98. The Balaban J connectivity index is 1.64. The van der Waals surface area contributed by atoms with Gasteiger partial charge in [-0.15, -0.1) is 11.3 Å². The van der Waals surface area contributed by atoms with E-state index in [1.807, 2.05) is 58.7 Å². The molecule has 2 aromatic carbocycles. The van der Waals surface area contributed by atoms with Crippen LogP contribution in [-0.4, -0.2) is 20.9 Å². The molecule has 0 fully saturated rings. The smallest absolute Gasteiger partial charge is 0.271 e. The lowest BCUT2D eigenvalue weighted by molar-refractivity contribution is -0.384. The molecule has 0 saturated heterocycles. The largest absolute Gasteiger partial charge is 0.278 e. The fourth-order valence-corrected chi connectivity index (χ4v) is 3.34. The molecule has 0 bridgehead atoms. The van der Waals surface area contributed by atoms with Crippen molar-refractivity contribution in [3.05, 3.63) is 94.0 Å². The second-order valence-corrected chi connectivity index (χ2v) is 6.80. The van der Waals surface area contributed by atoms with E-state index in [9.17, 15) is 10.1 Å². The van der Waals surface area contributed by atoms with Gasteiger partial charge in [-0.1, -0.05) is 36.4 Å². The van der Waals surface area contributed by atoms with Gasteiger partial charge in [0.15, 0.2) is 0 Å². The summed E-state index contributed by atoms with van der Waals surface area (Å²) < 4.78 is 1.82. The summed E-state index contributed by atoms with van der Waals surface area (Å²) in [5.74, 6) is 0. The van der Waals surface area contributed by atoms with E-state index in [0.717, 1.165) is 21.8 Å². The highest BCUT2D eigenvalue weighted by atomic mass is 32.1. The summed E-state index contributed by atoms with van der Waals surface area (Å²) in [6.45, 7) is 0. The van der Waals surface area contributed by atoms with Crippen LogP contribution >= 0.6 is 11.3 Å². The fraction of sp³-hybridized carbons (Fsp3) is 0. The van der Waals surface area contributed by atoms with Gasteiger partial charge in [-0.05, 0) is 23.6 Å². The van der Waals surface area contributed by atoms with E-state index in [4.69, 9.17) is 5.10 Å². The molecule has 0 saturated carbocycles. The number of thiophene rings is 1. The Morgan fingerprint density at radius 1 is 1.11 bits per heavy atom. The quantitative estimate of drug-likeness (QED) is 0.287. The molecule has 0 radical (unpaired) electrons. The molecule has 0 atom stereocenters. The minimum absolute atomic E-state index is 0.00990. The SMILES string of the molecule is O=[N+]([O-])c1cccc(N/N=C/c2cn(-c3cccs3)nc2-c2ccccc2)c1. The Kier molecular flexibility index (Phi) is 4.94. The van der Waals surface area contributed by atoms with Crippen molar-refractivity contribution in [3.8, 4) is 16.3 Å². The third kappa shape index (κ3) is 3.81. The first-order valence-corrected chi connectivity index (χ1v) is 9.31. The normalized spacial score (nSPS) is 11.0. The highest BCUT2D eigenvalue weighted by Crippen LogP contribution is 2.24. The number of hydrogen-bond acceptors (Lipinski definition) is 6. The minimum atomic E-state index is -0.437. The Morgan fingerprint density at radius 2 is 1.96 bits per heavy atom. The van der Waals surface area contributed by atoms with E-state index in [1.54, 1.807) is 29.7 Å². The topological polar surface area (TPSA) is 85.4 Å². The van der Waals surface area contributed by atoms with E-state index in [0.29, 0.717) is 5.69 Å². The maximum absolute atomic E-state index is 10.9. The summed E-state index contributed by atoms with van der Waals surface area (Å²) >= 11 is 1.59. The average molecular weight is 389 g/mol. The first-order chi connectivity index (χ1) is 13.7. The van der Waals surface area contributed by atoms with E-state index in [-0.39, 0.29) is 5.69 Å². The van der Waals surface area contributed by atoms with Gasteiger partial charge in [0.1, 0.15) is 10.7 Å². The van der Waals surface area contributed by atoms with Crippen LogP contribution in [-0.2, 0) is 0 Å². The van der Waals surface area contributed by atoms with Crippen LogP contribution in [0.15, 0.2) is 83.4 Å². The van der Waals surface area contributed by atoms with Crippen molar-refractivity contribution >= 4 is 28.9 Å². The van der Waals surface area contributed by atoms with Gasteiger partial charge < -0.3 is 0 Å². The molecule has 0 amide bonds. The highest BCUT2D eigenvalue weighted by molar-refractivity contribution is 7.12. The lowest BCUT2D eigenvalue weighted by Crippen LogP contribution is -1.93. The third-order valence-corrected chi connectivity index (χ3v) is 4.83. The Hall–Kier alpha value is -3.78. The molecule has 0 spiro atoms. The molecular weight excluding hydrogens is 374 g/mol. The van der Waals surface area contributed by atoms with Gasteiger partial charge in [-0.2, -0.15) is 10.2 Å². The number of hydrogen-bond donors (Lipinski definition) is 1. The van der Waals surface area contributed by atoms with Crippen molar-refractivity contribution < 1.29 is 4.92 Å². The summed E-state index contributed by atoms with van der Waals surface area (Å²) in [5, 5.41) is 22.8. The van der Waals surface area contributed by atoms with Crippen molar-refractivity contribution in [1.82, 2.24) is 9.78 Å². The number of non-ortho nitro benzene ring substituents is 1. The summed E-state index contributed by atoms with van der Waals surface area (Å²) in [6, 6.07) is 20.0. The van der Waals surface area contributed by atoms with Crippen LogP contribution in [0.4, 0.5) is 11.4 Å². The molecular formula is C20H15N5O2S. The van der Waals surface area contributed by atoms with Crippen LogP contribution in [0.2, 0.25) is 0 Å². The van der Waals surface area contributed by atoms with Crippen molar-refractivity contribution in [3.63, 3.8) is 0 Å². The van der Waals surface area contributed by atoms with Gasteiger partial charge >= 0.3 is 0 Å². The van der Waals surface area contributed by atoms with Gasteiger partial charge in [-0.25, -0.2) is 4.68 Å². The summed E-state index contributed by atoms with van der Waals surface area (Å²) in [7, 11) is 0. The van der Waals surface area contributed by atoms with Gasteiger partial charge in [0, 0.05) is 29.5 Å². The van der Waals surface area contributed by atoms with Crippen molar-refractivity contribution in [2.75, 3.05) is 5.43 Å². The van der Waals surface area contributed by atoms with Crippen LogP contribution in [0.1, 0.15) is 5.56 Å².